The Balaban J connectivity index is 1.97. The van der Waals surface area contributed by atoms with Crippen molar-refractivity contribution in [3.8, 4) is 0 Å². The second kappa shape index (κ2) is 6.54. The minimum absolute atomic E-state index is 0.0502. The average molecular weight is 310 g/mol. The number of hydrazine groups is 1. The van der Waals surface area contributed by atoms with Crippen molar-refractivity contribution in [3.05, 3.63) is 59.4 Å². The lowest BCUT2D eigenvalue weighted by Crippen LogP contribution is -2.41. The lowest BCUT2D eigenvalue weighted by atomic mass is 10.3. The molecule has 2 N–H and O–H groups in total. The molecule has 0 aromatic heterocycles. The maximum absolute atomic E-state index is 13.1. The SMILES string of the molecule is CN(NC(=S)Nc1ccc(F)c(Cl)c1)c1ccccc1. The van der Waals surface area contributed by atoms with Gasteiger partial charge in [-0.05, 0) is 42.5 Å². The lowest BCUT2D eigenvalue weighted by molar-refractivity contribution is 0.628. The van der Waals surface area contributed by atoms with Crippen molar-refractivity contribution >= 4 is 40.3 Å². The molecule has 0 amide bonds. The Morgan fingerprint density at radius 3 is 2.55 bits per heavy atom. The molecule has 20 heavy (non-hydrogen) atoms. The number of nitrogens with one attached hydrogen (secondary N) is 2. The molecule has 0 aliphatic heterocycles. The Labute approximate surface area is 127 Å². The van der Waals surface area contributed by atoms with Crippen LogP contribution in [0.2, 0.25) is 5.02 Å². The molecule has 0 fully saturated rings. The number of nitrogens with zero attached hydrogens (tertiary/aromatic N) is 1. The summed E-state index contributed by atoms with van der Waals surface area (Å²) in [4.78, 5) is 0. The zero-order valence-electron chi connectivity index (χ0n) is 10.7. The number of benzene rings is 2. The van der Waals surface area contributed by atoms with Crippen LogP contribution in [0.1, 0.15) is 0 Å². The molecule has 0 heterocycles. The second-order valence-corrected chi connectivity index (χ2v) is 4.90. The first-order valence-electron chi connectivity index (χ1n) is 5.88. The van der Waals surface area contributed by atoms with Crippen LogP contribution in [0.5, 0.6) is 0 Å². The molecule has 2 aromatic rings. The summed E-state index contributed by atoms with van der Waals surface area (Å²) in [6, 6.07) is 14.0. The minimum atomic E-state index is -0.461. The van der Waals surface area contributed by atoms with Gasteiger partial charge in [0, 0.05) is 12.7 Å². The fraction of sp³-hybridized carbons (Fsp3) is 0.0714. The van der Waals surface area contributed by atoms with E-state index in [2.05, 4.69) is 10.7 Å². The number of halogens is 2. The van der Waals surface area contributed by atoms with Gasteiger partial charge in [-0.25, -0.2) is 4.39 Å². The van der Waals surface area contributed by atoms with E-state index in [1.165, 1.54) is 12.1 Å². The lowest BCUT2D eigenvalue weighted by Gasteiger charge is -2.22. The Morgan fingerprint density at radius 1 is 1.20 bits per heavy atom. The number of anilines is 2. The second-order valence-electron chi connectivity index (χ2n) is 4.09. The van der Waals surface area contributed by atoms with E-state index >= 15 is 0 Å². The van der Waals surface area contributed by atoms with Gasteiger partial charge < -0.3 is 5.32 Å². The van der Waals surface area contributed by atoms with E-state index in [0.717, 1.165) is 5.69 Å². The molecule has 2 aromatic carbocycles. The Bertz CT molecular complexity index is 607. The van der Waals surface area contributed by atoms with Gasteiger partial charge in [-0.3, -0.25) is 10.4 Å². The van der Waals surface area contributed by atoms with Crippen LogP contribution in [0.25, 0.3) is 0 Å². The molecule has 6 heteroatoms. The van der Waals surface area contributed by atoms with E-state index in [9.17, 15) is 4.39 Å². The smallest absolute Gasteiger partial charge is 0.189 e. The zero-order chi connectivity index (χ0) is 14.5. The molecule has 0 unspecified atom stereocenters. The maximum atomic E-state index is 13.1. The van der Waals surface area contributed by atoms with Crippen LogP contribution in [0.4, 0.5) is 15.8 Å². The largest absolute Gasteiger partial charge is 0.331 e. The quantitative estimate of drug-likeness (QED) is 0.666. The third-order valence-electron chi connectivity index (χ3n) is 2.59. The van der Waals surface area contributed by atoms with Gasteiger partial charge in [-0.15, -0.1) is 0 Å². The first-order valence-corrected chi connectivity index (χ1v) is 6.66. The number of rotatable bonds is 3. The summed E-state index contributed by atoms with van der Waals surface area (Å²) in [6.07, 6.45) is 0. The van der Waals surface area contributed by atoms with E-state index in [-0.39, 0.29) is 5.02 Å². The molecule has 0 aliphatic carbocycles. The average Bonchev–Trinajstić information content (AvgIpc) is 2.44. The predicted molar refractivity (Wildman–Crippen MR) is 85.6 cm³/mol. The van der Waals surface area contributed by atoms with Crippen molar-refractivity contribution in [1.82, 2.24) is 5.43 Å². The Morgan fingerprint density at radius 2 is 1.90 bits per heavy atom. The third kappa shape index (κ3) is 3.82. The summed E-state index contributed by atoms with van der Waals surface area (Å²) in [5.41, 5.74) is 4.58. The zero-order valence-corrected chi connectivity index (χ0v) is 12.3. The fourth-order valence-electron chi connectivity index (χ4n) is 1.60. The molecular formula is C14H13ClFN3S. The summed E-state index contributed by atoms with van der Waals surface area (Å²) in [6.45, 7) is 0. The Kier molecular flexibility index (Phi) is 4.76. The molecule has 0 spiro atoms. The van der Waals surface area contributed by atoms with E-state index in [0.29, 0.717) is 10.8 Å². The van der Waals surface area contributed by atoms with Gasteiger partial charge >= 0.3 is 0 Å². The van der Waals surface area contributed by atoms with Gasteiger partial charge in [0.15, 0.2) is 5.11 Å². The van der Waals surface area contributed by atoms with Gasteiger partial charge in [-0.1, -0.05) is 29.8 Å². The number of hydrogen-bond acceptors (Lipinski definition) is 2. The highest BCUT2D eigenvalue weighted by molar-refractivity contribution is 7.80. The molecule has 0 saturated heterocycles. The van der Waals surface area contributed by atoms with E-state index in [1.807, 2.05) is 37.4 Å². The predicted octanol–water partition coefficient (Wildman–Crippen LogP) is 3.82. The molecule has 104 valence electrons. The Hall–Kier alpha value is -1.85. The highest BCUT2D eigenvalue weighted by Gasteiger charge is 2.05. The summed E-state index contributed by atoms with van der Waals surface area (Å²) >= 11 is 10.9. The number of thiocarbonyl (C=S) groups is 1. The molecule has 0 atom stereocenters. The van der Waals surface area contributed by atoms with Crippen LogP contribution >= 0.6 is 23.8 Å². The molecule has 0 aliphatic rings. The summed E-state index contributed by atoms with van der Waals surface area (Å²) in [5, 5.41) is 5.15. The standard InChI is InChI=1S/C14H13ClFN3S/c1-19(11-5-3-2-4-6-11)18-14(20)17-10-7-8-13(16)12(15)9-10/h2-9H,1H3,(H2,17,18,20). The van der Waals surface area contributed by atoms with Crippen LogP contribution in [0, 0.1) is 5.82 Å². The first kappa shape index (κ1) is 14.6. The van der Waals surface area contributed by atoms with Crippen LogP contribution in [0.3, 0.4) is 0 Å². The van der Waals surface area contributed by atoms with Crippen molar-refractivity contribution in [2.75, 3.05) is 17.4 Å². The van der Waals surface area contributed by atoms with E-state index in [4.69, 9.17) is 23.8 Å². The van der Waals surface area contributed by atoms with Crippen LogP contribution in [-0.2, 0) is 0 Å². The molecule has 0 radical (unpaired) electrons. The monoisotopic (exact) mass is 309 g/mol. The van der Waals surface area contributed by atoms with Gasteiger partial charge in [0.05, 0.1) is 10.7 Å². The van der Waals surface area contributed by atoms with E-state index < -0.39 is 5.82 Å². The molecule has 0 saturated carbocycles. The van der Waals surface area contributed by atoms with Crippen molar-refractivity contribution < 1.29 is 4.39 Å². The van der Waals surface area contributed by atoms with Crippen LogP contribution < -0.4 is 15.8 Å². The van der Waals surface area contributed by atoms with E-state index in [1.54, 1.807) is 11.1 Å². The number of hydrogen-bond donors (Lipinski definition) is 2. The highest BCUT2D eigenvalue weighted by Crippen LogP contribution is 2.19. The van der Waals surface area contributed by atoms with Crippen LogP contribution in [-0.4, -0.2) is 12.2 Å². The van der Waals surface area contributed by atoms with Crippen molar-refractivity contribution in [1.29, 1.82) is 0 Å². The maximum Gasteiger partial charge on any atom is 0.189 e. The third-order valence-corrected chi connectivity index (χ3v) is 3.07. The summed E-state index contributed by atoms with van der Waals surface area (Å²) in [5.74, 6) is -0.461. The van der Waals surface area contributed by atoms with Gasteiger partial charge in [-0.2, -0.15) is 0 Å². The van der Waals surface area contributed by atoms with Crippen molar-refractivity contribution in [2.24, 2.45) is 0 Å². The van der Waals surface area contributed by atoms with Crippen molar-refractivity contribution in [2.45, 2.75) is 0 Å². The van der Waals surface area contributed by atoms with Crippen LogP contribution in [0.15, 0.2) is 48.5 Å². The fourth-order valence-corrected chi connectivity index (χ4v) is 2.04. The molecule has 0 bridgehead atoms. The molecule has 3 nitrogen and oxygen atoms in total. The topological polar surface area (TPSA) is 27.3 Å². The highest BCUT2D eigenvalue weighted by atomic mass is 35.5. The normalized spacial score (nSPS) is 9.95. The summed E-state index contributed by atoms with van der Waals surface area (Å²) < 4.78 is 13.1. The van der Waals surface area contributed by atoms with Crippen molar-refractivity contribution in [3.63, 3.8) is 0 Å². The number of para-hydroxylation sites is 1. The van der Waals surface area contributed by atoms with Gasteiger partial charge in [0.1, 0.15) is 5.82 Å². The van der Waals surface area contributed by atoms with Gasteiger partial charge in [0.2, 0.25) is 0 Å². The molecular weight excluding hydrogens is 297 g/mol. The van der Waals surface area contributed by atoms with Gasteiger partial charge in [0.25, 0.3) is 0 Å². The molecule has 2 rings (SSSR count). The summed E-state index contributed by atoms with van der Waals surface area (Å²) in [7, 11) is 1.85. The minimum Gasteiger partial charge on any atom is -0.331 e. The first-order chi connectivity index (χ1) is 9.56.